The predicted molar refractivity (Wildman–Crippen MR) is 264 cm³/mol. The quantitative estimate of drug-likeness (QED) is 0.0660. The van der Waals surface area contributed by atoms with Crippen LogP contribution >= 0.6 is 0 Å². The third-order valence-corrected chi connectivity index (χ3v) is 11.6. The van der Waals surface area contributed by atoms with Crippen LogP contribution in [0, 0.1) is 17.8 Å². The Labute approximate surface area is 420 Å². The first-order valence-corrected chi connectivity index (χ1v) is 23.7. The van der Waals surface area contributed by atoms with E-state index in [1.54, 1.807) is 6.92 Å². The maximum absolute atomic E-state index is 13.0. The van der Waals surface area contributed by atoms with E-state index in [4.69, 9.17) is 5.73 Å². The Balaban J connectivity index is 4.93. The second-order valence-corrected chi connectivity index (χ2v) is 19.4. The van der Waals surface area contributed by atoms with Gasteiger partial charge in [-0.2, -0.15) is 0 Å². The molecule has 0 aromatic heterocycles. The van der Waals surface area contributed by atoms with Gasteiger partial charge in [-0.3, -0.25) is 57.5 Å². The largest absolute Gasteiger partial charge is 0.369 e. The Hall–Kier alpha value is -6.20. The summed E-state index contributed by atoms with van der Waals surface area (Å²) < 4.78 is 0. The van der Waals surface area contributed by atoms with Gasteiger partial charge in [-0.15, -0.1) is 0 Å². The number of likely N-dealkylation sites (N-methyl/N-ethyl adjacent to an activating group) is 10. The molecule has 2 atom stereocenters. The molecule has 0 fully saturated rings. The fourth-order valence-electron chi connectivity index (χ4n) is 6.82. The summed E-state index contributed by atoms with van der Waals surface area (Å²) in [5.41, 5.74) is 5.52. The summed E-state index contributed by atoms with van der Waals surface area (Å²) in [5.74, 6) is -6.98. The van der Waals surface area contributed by atoms with E-state index >= 15 is 0 Å². The van der Waals surface area contributed by atoms with Gasteiger partial charge in [0.15, 0.2) is 5.78 Å². The molecule has 0 saturated heterocycles. The first-order chi connectivity index (χ1) is 32.8. The molecule has 0 rings (SSSR count). The highest BCUT2D eigenvalue weighted by Crippen LogP contribution is 2.15. The number of hydrogen-bond donors (Lipinski definition) is 2. The van der Waals surface area contributed by atoms with Crippen LogP contribution in [0.25, 0.3) is 0 Å². The van der Waals surface area contributed by atoms with Crippen LogP contribution < -0.4 is 11.1 Å². The van der Waals surface area contributed by atoms with E-state index in [9.17, 15) is 57.5 Å². The Morgan fingerprint density at radius 2 is 0.662 bits per heavy atom. The Bertz CT molecular complexity index is 1880. The summed E-state index contributed by atoms with van der Waals surface area (Å²) >= 11 is 0. The number of carbonyl (C=O) groups excluding carboxylic acids is 12. The Morgan fingerprint density at radius 1 is 0.394 bits per heavy atom. The van der Waals surface area contributed by atoms with Crippen LogP contribution in [0.1, 0.15) is 66.7 Å². The second-order valence-electron chi connectivity index (χ2n) is 19.4. The molecule has 0 aliphatic heterocycles. The zero-order chi connectivity index (χ0) is 55.0. The number of rotatable bonds is 32. The summed E-state index contributed by atoms with van der Waals surface area (Å²) in [4.78, 5) is 165. The standard InChI is InChI=1S/C47H84N12O12/c1-32(2)20-34(5)47(71)59(15)31-45(69)58(14)30-44(68)57(13)29-43(67)56(12)28-42(66)55(11)27-41(65)54(10)26-40(64)53(9)25-39(63)52(8)24-38(62)51(7)23-37(61)50(6)22-36(60)21-35(46(48)70)18-16-17-19-49-33(3)4/h32-35,49H,16-31H2,1-15H3,(H2,48,70)/t34-,35-/m1/s1. The lowest BCUT2D eigenvalue weighted by Crippen LogP contribution is -2.49. The van der Waals surface area contributed by atoms with Gasteiger partial charge >= 0.3 is 0 Å². The van der Waals surface area contributed by atoms with Gasteiger partial charge in [-0.05, 0) is 31.7 Å². The van der Waals surface area contributed by atoms with Crippen LogP contribution in [0.3, 0.4) is 0 Å². The SMILES string of the molecule is CC(C)C[C@@H](C)C(=O)N(C)CC(=O)N(C)CC(=O)N(C)CC(=O)N(C)CC(=O)N(C)CC(=O)N(C)CC(=O)N(C)CC(=O)N(C)CC(=O)N(C)CC(=O)N(C)CC(=O)C[C@@H](CCCCNC(C)C)C(N)=O. The predicted octanol–water partition coefficient (Wildman–Crippen LogP) is -2.52. The van der Waals surface area contributed by atoms with Gasteiger partial charge in [-0.1, -0.05) is 41.0 Å². The second kappa shape index (κ2) is 31.9. The molecule has 0 heterocycles. The number of Topliss-reactive ketones (excluding diaryl/α,β-unsaturated/α-hetero) is 1. The van der Waals surface area contributed by atoms with Gasteiger partial charge in [-0.25, -0.2) is 0 Å². The number of amides is 11. The highest BCUT2D eigenvalue weighted by Gasteiger charge is 2.28. The van der Waals surface area contributed by atoms with Crippen molar-refractivity contribution in [2.24, 2.45) is 23.5 Å². The smallest absolute Gasteiger partial charge is 0.242 e. The van der Waals surface area contributed by atoms with Crippen molar-refractivity contribution in [1.29, 1.82) is 0 Å². The third-order valence-electron chi connectivity index (χ3n) is 11.6. The van der Waals surface area contributed by atoms with Gasteiger partial charge in [0, 0.05) is 94.8 Å². The molecule has 0 aliphatic carbocycles. The van der Waals surface area contributed by atoms with Crippen molar-refractivity contribution in [3.8, 4) is 0 Å². The van der Waals surface area contributed by atoms with Crippen molar-refractivity contribution in [1.82, 2.24) is 54.3 Å². The van der Waals surface area contributed by atoms with Crippen molar-refractivity contribution in [2.75, 3.05) is 142 Å². The number of nitrogens with two attached hydrogens (primary N) is 1. The number of nitrogens with zero attached hydrogens (tertiary/aromatic N) is 10. The van der Waals surface area contributed by atoms with Crippen molar-refractivity contribution >= 4 is 70.8 Å². The minimum absolute atomic E-state index is 0.111. The summed E-state index contributed by atoms with van der Waals surface area (Å²) in [6.45, 7) is 6.72. The molecule has 0 aliphatic rings. The van der Waals surface area contributed by atoms with Crippen LogP contribution in [0.2, 0.25) is 0 Å². The van der Waals surface area contributed by atoms with Crippen molar-refractivity contribution in [3.63, 3.8) is 0 Å². The van der Waals surface area contributed by atoms with Gasteiger partial charge in [0.25, 0.3) is 0 Å². The van der Waals surface area contributed by atoms with Crippen molar-refractivity contribution in [2.45, 2.75) is 72.8 Å². The molecule has 0 bridgehead atoms. The van der Waals surface area contributed by atoms with Crippen LogP contribution in [-0.2, 0) is 57.5 Å². The number of nitrogens with one attached hydrogen (secondary N) is 1. The number of hydrogen-bond acceptors (Lipinski definition) is 13. The summed E-state index contributed by atoms with van der Waals surface area (Å²) in [6, 6.07) is 0.332. The monoisotopic (exact) mass is 1010 g/mol. The van der Waals surface area contributed by atoms with Gasteiger partial charge in [0.05, 0.1) is 65.4 Å². The van der Waals surface area contributed by atoms with E-state index < -0.39 is 111 Å². The normalized spacial score (nSPS) is 11.7. The molecular weight excluding hydrogens is 925 g/mol. The molecule has 0 aromatic rings. The van der Waals surface area contributed by atoms with E-state index in [1.807, 2.05) is 27.7 Å². The van der Waals surface area contributed by atoms with E-state index in [0.717, 1.165) is 57.1 Å². The van der Waals surface area contributed by atoms with Gasteiger partial charge < -0.3 is 60.0 Å². The average molecular weight is 1010 g/mol. The number of unbranched alkanes of at least 4 members (excludes halogenated alkanes) is 1. The van der Waals surface area contributed by atoms with E-state index in [1.165, 1.54) is 75.4 Å². The van der Waals surface area contributed by atoms with Crippen molar-refractivity contribution < 1.29 is 57.5 Å². The fourth-order valence-corrected chi connectivity index (χ4v) is 6.82. The zero-order valence-electron chi connectivity index (χ0n) is 45.1. The first kappa shape index (κ1) is 64.8. The lowest BCUT2D eigenvalue weighted by atomic mass is 9.95. The van der Waals surface area contributed by atoms with Crippen LogP contribution in [-0.4, -0.2) is 268 Å². The van der Waals surface area contributed by atoms with Crippen LogP contribution in [0.4, 0.5) is 0 Å². The van der Waals surface area contributed by atoms with Crippen molar-refractivity contribution in [3.05, 3.63) is 0 Å². The molecule has 11 amide bonds. The molecule has 0 aromatic carbocycles. The van der Waals surface area contributed by atoms with E-state index in [-0.39, 0.29) is 43.7 Å². The summed E-state index contributed by atoms with van der Waals surface area (Å²) in [5, 5.41) is 3.28. The topological polar surface area (TPSA) is 275 Å². The van der Waals surface area contributed by atoms with E-state index in [2.05, 4.69) is 5.32 Å². The molecular formula is C47H84N12O12. The molecule has 0 saturated carbocycles. The van der Waals surface area contributed by atoms with Crippen LogP contribution in [0.15, 0.2) is 0 Å². The first-order valence-electron chi connectivity index (χ1n) is 23.7. The van der Waals surface area contributed by atoms with Crippen LogP contribution in [0.5, 0.6) is 0 Å². The summed E-state index contributed by atoms with van der Waals surface area (Å²) in [6.07, 6.45) is 2.51. The number of carbonyl (C=O) groups is 12. The third kappa shape index (κ3) is 25.5. The minimum atomic E-state index is -0.658. The van der Waals surface area contributed by atoms with E-state index in [0.29, 0.717) is 31.2 Å². The average Bonchev–Trinajstić information content (AvgIpc) is 3.26. The lowest BCUT2D eigenvalue weighted by molar-refractivity contribution is -0.146. The highest BCUT2D eigenvalue weighted by molar-refractivity contribution is 5.94. The molecule has 71 heavy (non-hydrogen) atoms. The number of primary amides is 1. The number of ketones is 1. The Morgan fingerprint density at radius 3 is 0.915 bits per heavy atom. The van der Waals surface area contributed by atoms with Gasteiger partial charge in [0.2, 0.25) is 65.0 Å². The highest BCUT2D eigenvalue weighted by atomic mass is 16.2. The minimum Gasteiger partial charge on any atom is -0.369 e. The Kier molecular flexibility index (Phi) is 29.1. The molecule has 0 unspecified atom stereocenters. The molecule has 0 spiro atoms. The molecule has 3 N–H and O–H groups in total. The fraction of sp³-hybridized carbons (Fsp3) is 0.745. The van der Waals surface area contributed by atoms with Gasteiger partial charge in [0.1, 0.15) is 0 Å². The molecule has 404 valence electrons. The molecule has 24 nitrogen and oxygen atoms in total. The molecule has 24 heteroatoms. The molecule has 0 radical (unpaired) electrons. The zero-order valence-corrected chi connectivity index (χ0v) is 45.1. The maximum atomic E-state index is 13.0. The lowest BCUT2D eigenvalue weighted by Gasteiger charge is -2.27. The maximum Gasteiger partial charge on any atom is 0.242 e. The summed E-state index contributed by atoms with van der Waals surface area (Å²) in [7, 11) is 13.7.